The van der Waals surface area contributed by atoms with Gasteiger partial charge in [0.25, 0.3) is 5.91 Å². The number of amides is 1. The van der Waals surface area contributed by atoms with Crippen molar-refractivity contribution in [3.63, 3.8) is 0 Å². The maximum absolute atomic E-state index is 12.0. The van der Waals surface area contributed by atoms with Crippen molar-refractivity contribution < 1.29 is 38.1 Å². The number of nitrogens with zero attached hydrogens (tertiary/aromatic N) is 1. The van der Waals surface area contributed by atoms with E-state index in [4.69, 9.17) is 28.5 Å². The quantitative estimate of drug-likeness (QED) is 0.334. The van der Waals surface area contributed by atoms with Crippen LogP contribution in [-0.4, -0.2) is 44.0 Å². The first-order valence-electron chi connectivity index (χ1n) is 9.70. The van der Waals surface area contributed by atoms with Crippen LogP contribution in [-0.2, 0) is 11.4 Å². The minimum atomic E-state index is -1.15. The summed E-state index contributed by atoms with van der Waals surface area (Å²) in [5.74, 6) is 0.433. The van der Waals surface area contributed by atoms with Crippen LogP contribution in [0.3, 0.4) is 0 Å². The molecule has 0 bridgehead atoms. The number of carbonyl (C=O) groups is 2. The molecule has 0 saturated carbocycles. The normalized spacial score (nSPS) is 10.6. The summed E-state index contributed by atoms with van der Waals surface area (Å²) >= 11 is 0. The predicted molar refractivity (Wildman–Crippen MR) is 117 cm³/mol. The molecular weight excluding hydrogens is 432 g/mol. The lowest BCUT2D eigenvalue weighted by atomic mass is 10.2. The van der Waals surface area contributed by atoms with Crippen LogP contribution in [0.25, 0.3) is 0 Å². The summed E-state index contributed by atoms with van der Waals surface area (Å²) in [6, 6.07) is 14.9. The van der Waals surface area contributed by atoms with Gasteiger partial charge in [0, 0.05) is 0 Å². The fraction of sp³-hybridized carbons (Fsp3) is 0.174. The van der Waals surface area contributed by atoms with Gasteiger partial charge in [-0.05, 0) is 48.0 Å². The van der Waals surface area contributed by atoms with Gasteiger partial charge in [-0.1, -0.05) is 12.1 Å². The van der Waals surface area contributed by atoms with E-state index in [1.807, 2.05) is 0 Å². The lowest BCUT2D eigenvalue weighted by Crippen LogP contribution is -2.24. The van der Waals surface area contributed by atoms with Gasteiger partial charge in [-0.2, -0.15) is 5.10 Å². The molecule has 10 nitrogen and oxygen atoms in total. The predicted octanol–water partition coefficient (Wildman–Crippen LogP) is 3.10. The number of carboxylic acids is 1. The van der Waals surface area contributed by atoms with E-state index in [0.717, 1.165) is 0 Å². The van der Waals surface area contributed by atoms with E-state index in [1.165, 1.54) is 32.6 Å². The Balaban J connectivity index is 1.52. The molecule has 0 aliphatic heterocycles. The fourth-order valence-electron chi connectivity index (χ4n) is 2.70. The zero-order chi connectivity index (χ0) is 23.6. The standard InChI is InChI=1S/C23H22N2O8/c1-29-17-5-3-4-6-18(17)32-14-22(26)25-24-12-15-7-9-19(21(11-15)30-2)31-13-16-8-10-20(33-16)23(27)28/h3-12H,13-14H2,1-2H3,(H,25,26)(H,27,28). The Labute approximate surface area is 189 Å². The zero-order valence-corrected chi connectivity index (χ0v) is 17.9. The van der Waals surface area contributed by atoms with E-state index in [-0.39, 0.29) is 19.0 Å². The van der Waals surface area contributed by atoms with E-state index in [1.54, 1.807) is 42.5 Å². The van der Waals surface area contributed by atoms with Crippen LogP contribution in [0.5, 0.6) is 23.0 Å². The number of hydrogen-bond acceptors (Lipinski definition) is 8. The number of hydrogen-bond donors (Lipinski definition) is 2. The molecule has 3 aromatic rings. The molecule has 0 saturated heterocycles. The summed E-state index contributed by atoms with van der Waals surface area (Å²) < 4.78 is 26.7. The number of carbonyl (C=O) groups excluding carboxylic acids is 1. The fourth-order valence-corrected chi connectivity index (χ4v) is 2.70. The number of carboxylic acid groups (broad SMARTS) is 1. The van der Waals surface area contributed by atoms with Crippen LogP contribution >= 0.6 is 0 Å². The highest BCUT2D eigenvalue weighted by Crippen LogP contribution is 2.28. The Morgan fingerprint density at radius 1 is 0.970 bits per heavy atom. The van der Waals surface area contributed by atoms with Crippen molar-refractivity contribution in [2.45, 2.75) is 6.61 Å². The number of aromatic carboxylic acids is 1. The van der Waals surface area contributed by atoms with Crippen LogP contribution in [0.2, 0.25) is 0 Å². The van der Waals surface area contributed by atoms with Gasteiger partial charge in [-0.15, -0.1) is 0 Å². The van der Waals surface area contributed by atoms with E-state index >= 15 is 0 Å². The molecule has 2 aromatic carbocycles. The van der Waals surface area contributed by atoms with Crippen LogP contribution < -0.4 is 24.4 Å². The molecule has 0 aliphatic rings. The highest BCUT2D eigenvalue weighted by Gasteiger charge is 2.11. The van der Waals surface area contributed by atoms with E-state index in [0.29, 0.717) is 34.3 Å². The monoisotopic (exact) mass is 454 g/mol. The molecule has 0 fully saturated rings. The van der Waals surface area contributed by atoms with Crippen molar-refractivity contribution in [3.05, 3.63) is 71.7 Å². The first-order valence-corrected chi connectivity index (χ1v) is 9.70. The molecule has 0 radical (unpaired) electrons. The Hall–Kier alpha value is -4.47. The summed E-state index contributed by atoms with van der Waals surface area (Å²) in [6.45, 7) is -0.205. The topological polar surface area (TPSA) is 129 Å². The van der Waals surface area contributed by atoms with Crippen LogP contribution in [0.1, 0.15) is 21.9 Å². The van der Waals surface area contributed by atoms with Gasteiger partial charge < -0.3 is 28.5 Å². The molecule has 3 rings (SSSR count). The number of hydrazone groups is 1. The Bertz CT molecular complexity index is 1140. The van der Waals surface area contributed by atoms with Gasteiger partial charge in [0.1, 0.15) is 12.4 Å². The smallest absolute Gasteiger partial charge is 0.371 e. The van der Waals surface area contributed by atoms with E-state index < -0.39 is 11.9 Å². The van der Waals surface area contributed by atoms with E-state index in [9.17, 15) is 9.59 Å². The Kier molecular flexibility index (Phi) is 7.90. The maximum atomic E-state index is 12.0. The second-order valence-corrected chi connectivity index (χ2v) is 6.50. The minimum Gasteiger partial charge on any atom is -0.493 e. The number of ether oxygens (including phenoxy) is 4. The van der Waals surface area contributed by atoms with Crippen LogP contribution in [0, 0.1) is 0 Å². The van der Waals surface area contributed by atoms with Gasteiger partial charge >= 0.3 is 5.97 Å². The first kappa shape index (κ1) is 23.2. The van der Waals surface area contributed by atoms with Crippen molar-refractivity contribution in [2.75, 3.05) is 20.8 Å². The second-order valence-electron chi connectivity index (χ2n) is 6.50. The van der Waals surface area contributed by atoms with Crippen molar-refractivity contribution in [1.29, 1.82) is 0 Å². The van der Waals surface area contributed by atoms with Gasteiger partial charge in [0.2, 0.25) is 5.76 Å². The number of benzene rings is 2. The third-order valence-corrected chi connectivity index (χ3v) is 4.26. The van der Waals surface area contributed by atoms with Gasteiger partial charge in [-0.3, -0.25) is 4.79 Å². The van der Waals surface area contributed by atoms with Crippen LogP contribution in [0.4, 0.5) is 0 Å². The lowest BCUT2D eigenvalue weighted by molar-refractivity contribution is -0.123. The molecule has 0 spiro atoms. The lowest BCUT2D eigenvalue weighted by Gasteiger charge is -2.10. The molecule has 0 atom stereocenters. The van der Waals surface area contributed by atoms with Crippen molar-refractivity contribution in [3.8, 4) is 23.0 Å². The van der Waals surface area contributed by atoms with Crippen molar-refractivity contribution >= 4 is 18.1 Å². The van der Waals surface area contributed by atoms with Crippen LogP contribution in [0.15, 0.2) is 64.1 Å². The molecule has 1 amide bonds. The second kappa shape index (κ2) is 11.2. The molecule has 10 heteroatoms. The highest BCUT2D eigenvalue weighted by molar-refractivity contribution is 5.84. The summed E-state index contributed by atoms with van der Waals surface area (Å²) in [6.07, 6.45) is 1.44. The van der Waals surface area contributed by atoms with Crippen molar-refractivity contribution in [2.24, 2.45) is 5.10 Å². The zero-order valence-electron chi connectivity index (χ0n) is 17.9. The summed E-state index contributed by atoms with van der Waals surface area (Å²) in [4.78, 5) is 22.8. The van der Waals surface area contributed by atoms with Gasteiger partial charge in [0.05, 0.1) is 20.4 Å². The summed E-state index contributed by atoms with van der Waals surface area (Å²) in [5.41, 5.74) is 3.03. The molecular formula is C23H22N2O8. The number of nitrogens with one attached hydrogen (secondary N) is 1. The highest BCUT2D eigenvalue weighted by atomic mass is 16.5. The SMILES string of the molecule is COc1ccccc1OCC(=O)NN=Cc1ccc(OCc2ccc(C(=O)O)o2)c(OC)c1. The number of methoxy groups -OCH3 is 2. The minimum absolute atomic E-state index is 0.0271. The van der Waals surface area contributed by atoms with Gasteiger partial charge in [0.15, 0.2) is 29.6 Å². The average Bonchev–Trinajstić information content (AvgIpc) is 3.31. The average molecular weight is 454 g/mol. The largest absolute Gasteiger partial charge is 0.493 e. The first-order chi connectivity index (χ1) is 16.0. The third kappa shape index (κ3) is 6.50. The molecule has 1 heterocycles. The molecule has 2 N–H and O–H groups in total. The number of para-hydroxylation sites is 2. The summed E-state index contributed by atoms with van der Waals surface area (Å²) in [7, 11) is 3.00. The van der Waals surface area contributed by atoms with E-state index in [2.05, 4.69) is 10.5 Å². The molecule has 33 heavy (non-hydrogen) atoms. The van der Waals surface area contributed by atoms with Gasteiger partial charge in [-0.25, -0.2) is 10.2 Å². The number of furan rings is 1. The molecule has 172 valence electrons. The number of rotatable bonds is 11. The molecule has 1 aromatic heterocycles. The Morgan fingerprint density at radius 3 is 2.39 bits per heavy atom. The maximum Gasteiger partial charge on any atom is 0.371 e. The molecule has 0 aliphatic carbocycles. The molecule has 0 unspecified atom stereocenters. The Morgan fingerprint density at radius 2 is 1.70 bits per heavy atom. The third-order valence-electron chi connectivity index (χ3n) is 4.26. The van der Waals surface area contributed by atoms with Crippen molar-refractivity contribution in [1.82, 2.24) is 5.43 Å². The summed E-state index contributed by atoms with van der Waals surface area (Å²) in [5, 5.41) is 12.8.